The van der Waals surface area contributed by atoms with Crippen molar-refractivity contribution >= 4 is 31.9 Å². The summed E-state index contributed by atoms with van der Waals surface area (Å²) in [4.78, 5) is 0. The maximum Gasteiger partial charge on any atom is 0.126 e. The molecule has 1 aromatic rings. The first kappa shape index (κ1) is 8.81. The van der Waals surface area contributed by atoms with Crippen molar-refractivity contribution in [3.63, 3.8) is 0 Å². The lowest BCUT2D eigenvalue weighted by Crippen LogP contribution is -1.79. The van der Waals surface area contributed by atoms with Gasteiger partial charge in [-0.2, -0.15) is 0 Å². The molecular formula is C8H6Br2O. The molecule has 0 spiro atoms. The first-order valence-electron chi connectivity index (χ1n) is 3.02. The number of benzene rings is 1. The van der Waals surface area contributed by atoms with Crippen LogP contribution in [0.4, 0.5) is 0 Å². The Morgan fingerprint density at radius 1 is 1.18 bits per heavy atom. The molecule has 1 rings (SSSR count). The van der Waals surface area contributed by atoms with Crippen molar-refractivity contribution in [2.45, 2.75) is 0 Å². The second-order valence-corrected chi connectivity index (χ2v) is 4.61. The lowest BCUT2D eigenvalue weighted by Gasteiger charge is -1.97. The quantitative estimate of drug-likeness (QED) is 0.750. The van der Waals surface area contributed by atoms with E-state index in [0.717, 1.165) is 9.14 Å². The largest absolute Gasteiger partial charge is 0.463 e. The zero-order chi connectivity index (χ0) is 8.10. The van der Waals surface area contributed by atoms with Gasteiger partial charge in [0.1, 0.15) is 12.0 Å². The maximum absolute atomic E-state index is 5.21. The third kappa shape index (κ3) is 3.58. The third-order valence-corrected chi connectivity index (χ3v) is 1.40. The maximum atomic E-state index is 5.21. The van der Waals surface area contributed by atoms with Crippen molar-refractivity contribution in [2.24, 2.45) is 0 Å². The minimum absolute atomic E-state index is 0.786. The molecule has 0 radical (unpaired) electrons. The van der Waals surface area contributed by atoms with Crippen LogP contribution in [0.15, 0.2) is 40.0 Å². The second-order valence-electron chi connectivity index (χ2n) is 1.84. The predicted octanol–water partition coefficient (Wildman–Crippen LogP) is 3.65. The highest BCUT2D eigenvalue weighted by molar-refractivity contribution is 9.28. The molecule has 0 aliphatic carbocycles. The van der Waals surface area contributed by atoms with Crippen LogP contribution in [0.25, 0.3) is 0 Å². The van der Waals surface area contributed by atoms with Gasteiger partial charge in [0.15, 0.2) is 0 Å². The first-order valence-corrected chi connectivity index (χ1v) is 4.60. The van der Waals surface area contributed by atoms with E-state index < -0.39 is 0 Å². The molecular weight excluding hydrogens is 272 g/mol. The summed E-state index contributed by atoms with van der Waals surface area (Å²) < 4.78 is 6.00. The Morgan fingerprint density at radius 2 is 1.82 bits per heavy atom. The molecule has 1 aromatic carbocycles. The summed E-state index contributed by atoms with van der Waals surface area (Å²) in [6.07, 6.45) is 1.58. The van der Waals surface area contributed by atoms with Crippen LogP contribution >= 0.6 is 31.9 Å². The first-order chi connectivity index (χ1) is 5.29. The summed E-state index contributed by atoms with van der Waals surface area (Å²) in [5, 5.41) is 0. The summed E-state index contributed by atoms with van der Waals surface area (Å²) in [6, 6.07) is 9.56. The van der Waals surface area contributed by atoms with Gasteiger partial charge in [-0.05, 0) is 44.0 Å². The fraction of sp³-hybridized carbons (Fsp3) is 0. The lowest BCUT2D eigenvalue weighted by molar-refractivity contribution is 0.482. The van der Waals surface area contributed by atoms with E-state index in [4.69, 9.17) is 4.74 Å². The average molecular weight is 278 g/mol. The van der Waals surface area contributed by atoms with Crippen molar-refractivity contribution in [3.05, 3.63) is 40.0 Å². The van der Waals surface area contributed by atoms with Crippen LogP contribution in [0.5, 0.6) is 5.75 Å². The Hall–Kier alpha value is -0.280. The summed E-state index contributed by atoms with van der Waals surface area (Å²) in [7, 11) is 0. The number of halogens is 2. The van der Waals surface area contributed by atoms with Crippen molar-refractivity contribution in [1.29, 1.82) is 0 Å². The zero-order valence-corrected chi connectivity index (χ0v) is 8.80. The number of para-hydroxylation sites is 1. The van der Waals surface area contributed by atoms with Crippen LogP contribution in [-0.2, 0) is 0 Å². The molecule has 1 nitrogen and oxygen atoms in total. The van der Waals surface area contributed by atoms with E-state index in [0.29, 0.717) is 0 Å². The molecule has 0 aliphatic heterocycles. The van der Waals surface area contributed by atoms with Gasteiger partial charge in [0, 0.05) is 0 Å². The molecule has 0 saturated heterocycles. The molecule has 0 atom stereocenters. The van der Waals surface area contributed by atoms with E-state index in [1.807, 2.05) is 30.3 Å². The van der Waals surface area contributed by atoms with E-state index in [1.54, 1.807) is 6.26 Å². The standard InChI is InChI=1S/C8H6Br2O/c9-8(10)6-11-7-4-2-1-3-5-7/h1-6H. The molecule has 0 amide bonds. The Bertz CT molecular complexity index is 240. The number of ether oxygens (including phenoxy) is 1. The van der Waals surface area contributed by atoms with Gasteiger partial charge in [0.25, 0.3) is 0 Å². The summed E-state index contributed by atoms with van der Waals surface area (Å²) in [6.45, 7) is 0. The van der Waals surface area contributed by atoms with Crippen LogP contribution in [0.3, 0.4) is 0 Å². The second kappa shape index (κ2) is 4.57. The molecule has 3 heteroatoms. The van der Waals surface area contributed by atoms with E-state index in [1.165, 1.54) is 0 Å². The Morgan fingerprint density at radius 3 is 2.36 bits per heavy atom. The highest BCUT2D eigenvalue weighted by Gasteiger charge is 1.87. The fourth-order valence-corrected chi connectivity index (χ4v) is 0.799. The molecule has 0 unspecified atom stereocenters. The van der Waals surface area contributed by atoms with Gasteiger partial charge in [-0.1, -0.05) is 18.2 Å². The molecule has 0 saturated carbocycles. The SMILES string of the molecule is BrC(Br)=COc1ccccc1. The average Bonchev–Trinajstić information content (AvgIpc) is 2.03. The van der Waals surface area contributed by atoms with Crippen molar-refractivity contribution in [2.75, 3.05) is 0 Å². The van der Waals surface area contributed by atoms with Crippen molar-refractivity contribution in [1.82, 2.24) is 0 Å². The highest BCUT2D eigenvalue weighted by Crippen LogP contribution is 2.15. The minimum Gasteiger partial charge on any atom is -0.463 e. The molecule has 0 bridgehead atoms. The van der Waals surface area contributed by atoms with Gasteiger partial charge in [0.2, 0.25) is 0 Å². The predicted molar refractivity (Wildman–Crippen MR) is 53.0 cm³/mol. The van der Waals surface area contributed by atoms with Crippen LogP contribution < -0.4 is 4.74 Å². The Balaban J connectivity index is 2.59. The fourth-order valence-electron chi connectivity index (χ4n) is 0.612. The minimum atomic E-state index is 0.786. The molecule has 58 valence electrons. The Labute approximate surface area is 82.3 Å². The van der Waals surface area contributed by atoms with Gasteiger partial charge < -0.3 is 4.74 Å². The number of hydrogen-bond donors (Lipinski definition) is 0. The Kier molecular flexibility index (Phi) is 3.66. The van der Waals surface area contributed by atoms with Gasteiger partial charge >= 0.3 is 0 Å². The van der Waals surface area contributed by atoms with Crippen LogP contribution in [0, 0.1) is 0 Å². The number of hydrogen-bond acceptors (Lipinski definition) is 1. The lowest BCUT2D eigenvalue weighted by atomic mass is 10.3. The van der Waals surface area contributed by atoms with Crippen LogP contribution in [-0.4, -0.2) is 0 Å². The normalized spacial score (nSPS) is 8.91. The smallest absolute Gasteiger partial charge is 0.126 e. The van der Waals surface area contributed by atoms with E-state index >= 15 is 0 Å². The van der Waals surface area contributed by atoms with E-state index in [9.17, 15) is 0 Å². The van der Waals surface area contributed by atoms with E-state index in [-0.39, 0.29) is 0 Å². The van der Waals surface area contributed by atoms with Gasteiger partial charge in [-0.3, -0.25) is 0 Å². The van der Waals surface area contributed by atoms with Crippen LogP contribution in [0.1, 0.15) is 0 Å². The topological polar surface area (TPSA) is 9.23 Å². The zero-order valence-electron chi connectivity index (χ0n) is 5.63. The molecule has 0 aliphatic rings. The molecule has 0 aromatic heterocycles. The number of rotatable bonds is 2. The van der Waals surface area contributed by atoms with Gasteiger partial charge in [-0.15, -0.1) is 0 Å². The van der Waals surface area contributed by atoms with Crippen molar-refractivity contribution < 1.29 is 4.74 Å². The van der Waals surface area contributed by atoms with Crippen LogP contribution in [0.2, 0.25) is 0 Å². The van der Waals surface area contributed by atoms with Crippen molar-refractivity contribution in [3.8, 4) is 5.75 Å². The highest BCUT2D eigenvalue weighted by atomic mass is 79.9. The van der Waals surface area contributed by atoms with Gasteiger partial charge in [-0.25, -0.2) is 0 Å². The molecule has 0 fully saturated rings. The monoisotopic (exact) mass is 276 g/mol. The summed E-state index contributed by atoms with van der Waals surface area (Å²) in [5.74, 6) is 0.823. The molecule has 0 heterocycles. The summed E-state index contributed by atoms with van der Waals surface area (Å²) >= 11 is 6.37. The van der Waals surface area contributed by atoms with Gasteiger partial charge in [0.05, 0.1) is 3.39 Å². The molecule has 0 N–H and O–H groups in total. The molecule has 11 heavy (non-hydrogen) atoms. The third-order valence-electron chi connectivity index (χ3n) is 1.03. The summed E-state index contributed by atoms with van der Waals surface area (Å²) in [5.41, 5.74) is 0. The van der Waals surface area contributed by atoms with E-state index in [2.05, 4.69) is 31.9 Å².